The van der Waals surface area contributed by atoms with Gasteiger partial charge in [-0.25, -0.2) is 4.98 Å². The quantitative estimate of drug-likeness (QED) is 0.669. The van der Waals surface area contributed by atoms with Gasteiger partial charge in [-0.3, -0.25) is 10.1 Å². The highest BCUT2D eigenvalue weighted by Crippen LogP contribution is 2.27. The Balaban J connectivity index is 1.92. The third-order valence-corrected chi connectivity index (χ3v) is 3.67. The lowest BCUT2D eigenvalue weighted by molar-refractivity contribution is -0.385. The second-order valence-corrected chi connectivity index (χ2v) is 5.11. The second kappa shape index (κ2) is 5.49. The maximum absolute atomic E-state index is 10.8. The van der Waals surface area contributed by atoms with Crippen LogP contribution >= 0.6 is 0 Å². The van der Waals surface area contributed by atoms with Gasteiger partial charge in [-0.1, -0.05) is 12.1 Å². The number of hydrogen-bond acceptors (Lipinski definition) is 5. The third kappa shape index (κ3) is 2.71. The summed E-state index contributed by atoms with van der Waals surface area (Å²) in [5.74, 6) is 0.660. The highest BCUT2D eigenvalue weighted by atomic mass is 16.6. The minimum Gasteiger partial charge on any atom is -0.340 e. The standard InChI is InChI=1S/C15H16N4O2/c1-10-7-12(19(20)21)9-17-15(10)18-14-4-2-3-11-8-16-6-5-13(11)14/h2-4,7,9,16H,5-6,8H2,1H3,(H,17,18). The minimum atomic E-state index is -0.431. The molecular weight excluding hydrogens is 268 g/mol. The van der Waals surface area contributed by atoms with Crippen molar-refractivity contribution in [2.24, 2.45) is 0 Å². The van der Waals surface area contributed by atoms with Gasteiger partial charge in [0.2, 0.25) is 0 Å². The van der Waals surface area contributed by atoms with Crippen LogP contribution in [0.15, 0.2) is 30.5 Å². The molecule has 0 unspecified atom stereocenters. The van der Waals surface area contributed by atoms with Crippen LogP contribution < -0.4 is 10.6 Å². The number of aromatic nitrogens is 1. The average molecular weight is 284 g/mol. The molecule has 0 aliphatic carbocycles. The van der Waals surface area contributed by atoms with Crippen LogP contribution in [0.4, 0.5) is 17.2 Å². The zero-order valence-electron chi connectivity index (χ0n) is 11.7. The molecule has 0 amide bonds. The number of nitro groups is 1. The fraction of sp³-hybridized carbons (Fsp3) is 0.267. The minimum absolute atomic E-state index is 0.0114. The number of fused-ring (bicyclic) bond motifs is 1. The molecule has 0 atom stereocenters. The van der Waals surface area contributed by atoms with E-state index in [4.69, 9.17) is 0 Å². The summed E-state index contributed by atoms with van der Waals surface area (Å²) in [6.45, 7) is 3.65. The topological polar surface area (TPSA) is 80.1 Å². The Morgan fingerprint density at radius 2 is 2.29 bits per heavy atom. The summed E-state index contributed by atoms with van der Waals surface area (Å²) in [6.07, 6.45) is 2.25. The van der Waals surface area contributed by atoms with E-state index >= 15 is 0 Å². The molecular formula is C15H16N4O2. The van der Waals surface area contributed by atoms with Crippen molar-refractivity contribution in [2.75, 3.05) is 11.9 Å². The number of nitrogens with zero attached hydrogens (tertiary/aromatic N) is 2. The van der Waals surface area contributed by atoms with E-state index in [0.717, 1.165) is 30.8 Å². The van der Waals surface area contributed by atoms with Crippen LogP contribution in [0, 0.1) is 17.0 Å². The molecule has 6 nitrogen and oxygen atoms in total. The van der Waals surface area contributed by atoms with E-state index < -0.39 is 4.92 Å². The summed E-state index contributed by atoms with van der Waals surface area (Å²) >= 11 is 0. The predicted octanol–water partition coefficient (Wildman–Crippen LogP) is 2.69. The number of benzene rings is 1. The molecule has 2 N–H and O–H groups in total. The molecule has 3 rings (SSSR count). The van der Waals surface area contributed by atoms with Crippen LogP contribution in [0.3, 0.4) is 0 Å². The molecule has 1 aromatic heterocycles. The van der Waals surface area contributed by atoms with Crippen LogP contribution in [-0.4, -0.2) is 16.5 Å². The molecule has 1 aliphatic rings. The first-order chi connectivity index (χ1) is 10.1. The Labute approximate surface area is 122 Å². The average Bonchev–Trinajstić information content (AvgIpc) is 2.49. The van der Waals surface area contributed by atoms with E-state index in [1.807, 2.05) is 19.1 Å². The van der Waals surface area contributed by atoms with Crippen LogP contribution in [-0.2, 0) is 13.0 Å². The Morgan fingerprint density at radius 1 is 1.43 bits per heavy atom. The van der Waals surface area contributed by atoms with E-state index in [-0.39, 0.29) is 5.69 Å². The lowest BCUT2D eigenvalue weighted by Crippen LogP contribution is -2.24. The van der Waals surface area contributed by atoms with Crippen LogP contribution in [0.5, 0.6) is 0 Å². The summed E-state index contributed by atoms with van der Waals surface area (Å²) in [5, 5.41) is 17.4. The lowest BCUT2D eigenvalue weighted by atomic mass is 9.99. The molecule has 0 bridgehead atoms. The van der Waals surface area contributed by atoms with E-state index in [0.29, 0.717) is 5.82 Å². The smallest absolute Gasteiger partial charge is 0.287 e. The molecule has 2 aromatic rings. The molecule has 2 heterocycles. The summed E-state index contributed by atoms with van der Waals surface area (Å²) in [4.78, 5) is 14.5. The predicted molar refractivity (Wildman–Crippen MR) is 80.8 cm³/mol. The zero-order valence-corrected chi connectivity index (χ0v) is 11.7. The van der Waals surface area contributed by atoms with Gasteiger partial charge in [-0.2, -0.15) is 0 Å². The van der Waals surface area contributed by atoms with Gasteiger partial charge in [-0.15, -0.1) is 0 Å². The van der Waals surface area contributed by atoms with Crippen molar-refractivity contribution in [3.63, 3.8) is 0 Å². The molecule has 21 heavy (non-hydrogen) atoms. The molecule has 0 saturated carbocycles. The first kappa shape index (κ1) is 13.5. The van der Waals surface area contributed by atoms with Crippen molar-refractivity contribution >= 4 is 17.2 Å². The number of anilines is 2. The molecule has 1 aromatic carbocycles. The van der Waals surface area contributed by atoms with E-state index in [1.165, 1.54) is 23.4 Å². The summed E-state index contributed by atoms with van der Waals surface area (Å²) in [6, 6.07) is 7.68. The van der Waals surface area contributed by atoms with Crippen LogP contribution in [0.25, 0.3) is 0 Å². The molecule has 6 heteroatoms. The Kier molecular flexibility index (Phi) is 3.53. The fourth-order valence-electron chi connectivity index (χ4n) is 2.57. The summed E-state index contributed by atoms with van der Waals surface area (Å²) in [5.41, 5.74) is 4.37. The van der Waals surface area contributed by atoms with Gasteiger partial charge in [0.05, 0.1) is 4.92 Å². The molecule has 0 radical (unpaired) electrons. The van der Waals surface area contributed by atoms with Gasteiger partial charge in [0.1, 0.15) is 12.0 Å². The van der Waals surface area contributed by atoms with Crippen LogP contribution in [0.1, 0.15) is 16.7 Å². The first-order valence-electron chi connectivity index (χ1n) is 6.84. The summed E-state index contributed by atoms with van der Waals surface area (Å²) in [7, 11) is 0. The maximum Gasteiger partial charge on any atom is 0.287 e. The number of hydrogen-bond donors (Lipinski definition) is 2. The Bertz CT molecular complexity index is 700. The van der Waals surface area contributed by atoms with E-state index in [2.05, 4.69) is 21.7 Å². The van der Waals surface area contributed by atoms with Crippen molar-refractivity contribution in [3.8, 4) is 0 Å². The SMILES string of the molecule is Cc1cc([N+](=O)[O-])cnc1Nc1cccc2c1CCNC2. The van der Waals surface area contributed by atoms with Gasteiger partial charge in [0.15, 0.2) is 0 Å². The third-order valence-electron chi connectivity index (χ3n) is 3.67. The van der Waals surface area contributed by atoms with Crippen molar-refractivity contribution < 1.29 is 4.92 Å². The van der Waals surface area contributed by atoms with Crippen molar-refractivity contribution in [3.05, 3.63) is 57.3 Å². The second-order valence-electron chi connectivity index (χ2n) is 5.11. The number of rotatable bonds is 3. The van der Waals surface area contributed by atoms with Crippen molar-refractivity contribution in [2.45, 2.75) is 19.9 Å². The monoisotopic (exact) mass is 284 g/mol. The molecule has 108 valence electrons. The lowest BCUT2D eigenvalue weighted by Gasteiger charge is -2.21. The molecule has 0 saturated heterocycles. The number of nitrogens with one attached hydrogen (secondary N) is 2. The van der Waals surface area contributed by atoms with Crippen molar-refractivity contribution in [1.29, 1.82) is 0 Å². The molecule has 0 spiro atoms. The highest BCUT2D eigenvalue weighted by molar-refractivity contribution is 5.65. The van der Waals surface area contributed by atoms with Crippen molar-refractivity contribution in [1.82, 2.24) is 10.3 Å². The van der Waals surface area contributed by atoms with Gasteiger partial charge >= 0.3 is 0 Å². The summed E-state index contributed by atoms with van der Waals surface area (Å²) < 4.78 is 0. The molecule has 0 fully saturated rings. The fourth-order valence-corrected chi connectivity index (χ4v) is 2.57. The van der Waals surface area contributed by atoms with E-state index in [1.54, 1.807) is 0 Å². The Morgan fingerprint density at radius 3 is 3.05 bits per heavy atom. The number of pyridine rings is 1. The van der Waals surface area contributed by atoms with Gasteiger partial charge in [0, 0.05) is 18.3 Å². The highest BCUT2D eigenvalue weighted by Gasteiger charge is 2.14. The first-order valence-corrected chi connectivity index (χ1v) is 6.84. The van der Waals surface area contributed by atoms with E-state index in [9.17, 15) is 10.1 Å². The van der Waals surface area contributed by atoms with Gasteiger partial charge < -0.3 is 10.6 Å². The zero-order chi connectivity index (χ0) is 14.8. The Hall–Kier alpha value is -2.47. The maximum atomic E-state index is 10.8. The largest absolute Gasteiger partial charge is 0.340 e. The van der Waals surface area contributed by atoms with Gasteiger partial charge in [-0.05, 0) is 42.6 Å². The molecule has 1 aliphatic heterocycles. The van der Waals surface area contributed by atoms with Gasteiger partial charge in [0.25, 0.3) is 5.69 Å². The number of aryl methyl sites for hydroxylation is 1. The normalized spacial score (nSPS) is 13.6. The van der Waals surface area contributed by atoms with Crippen LogP contribution in [0.2, 0.25) is 0 Å².